The topological polar surface area (TPSA) is 40.5 Å². The Hall–Kier alpha value is -1.00. The summed E-state index contributed by atoms with van der Waals surface area (Å²) in [5, 5.41) is 9.65. The molecule has 0 saturated carbocycles. The normalized spacial score (nSPS) is 16.9. The van der Waals surface area contributed by atoms with E-state index in [4.69, 9.17) is 0 Å². The average Bonchev–Trinajstić information content (AvgIpc) is 2.31. The molecule has 1 aliphatic rings. The highest BCUT2D eigenvalue weighted by Gasteiger charge is 2.25. The number of thioether (sulfide) groups is 1. The number of fused-ring (bicyclic) bond motifs is 1. The Morgan fingerprint density at radius 2 is 2.11 bits per heavy atom. The molecule has 18 heavy (non-hydrogen) atoms. The van der Waals surface area contributed by atoms with E-state index in [1.165, 1.54) is 0 Å². The minimum absolute atomic E-state index is 0.156. The standard InChI is InChI=1S/C14H19NO2S/c1-9(2)7-15-12-6-11(10(3)16)4-5-13(12)18-8-14(15)17/h4-6,9-10,16H,7-8H2,1-3H3. The Bertz CT molecular complexity index is 457. The van der Waals surface area contributed by atoms with Crippen molar-refractivity contribution in [1.82, 2.24) is 0 Å². The summed E-state index contributed by atoms with van der Waals surface area (Å²) >= 11 is 1.58. The maximum atomic E-state index is 12.0. The third-order valence-corrected chi connectivity index (χ3v) is 4.00. The molecule has 2 rings (SSSR count). The first-order valence-corrected chi connectivity index (χ1v) is 7.22. The third kappa shape index (κ3) is 2.70. The lowest BCUT2D eigenvalue weighted by Gasteiger charge is -2.31. The fourth-order valence-electron chi connectivity index (χ4n) is 2.04. The van der Waals surface area contributed by atoms with Gasteiger partial charge in [0.05, 0.1) is 17.5 Å². The van der Waals surface area contributed by atoms with Gasteiger partial charge in [-0.15, -0.1) is 11.8 Å². The molecule has 0 radical (unpaired) electrons. The minimum Gasteiger partial charge on any atom is -0.389 e. The van der Waals surface area contributed by atoms with Crippen molar-refractivity contribution in [2.24, 2.45) is 5.92 Å². The van der Waals surface area contributed by atoms with Crippen molar-refractivity contribution in [3.63, 3.8) is 0 Å². The molecule has 1 aromatic carbocycles. The zero-order chi connectivity index (χ0) is 13.3. The van der Waals surface area contributed by atoms with E-state index in [1.807, 2.05) is 23.1 Å². The zero-order valence-electron chi connectivity index (χ0n) is 11.0. The van der Waals surface area contributed by atoms with Gasteiger partial charge in [0, 0.05) is 11.4 Å². The molecule has 0 saturated heterocycles. The number of carbonyl (C=O) groups excluding carboxylic acids is 1. The third-order valence-electron chi connectivity index (χ3n) is 2.96. The molecule has 4 heteroatoms. The molecule has 1 N–H and O–H groups in total. The van der Waals surface area contributed by atoms with Crippen LogP contribution in [0.25, 0.3) is 0 Å². The van der Waals surface area contributed by atoms with Crippen molar-refractivity contribution < 1.29 is 9.90 Å². The average molecular weight is 265 g/mol. The monoisotopic (exact) mass is 265 g/mol. The number of benzene rings is 1. The van der Waals surface area contributed by atoms with Gasteiger partial charge < -0.3 is 10.0 Å². The number of hydrogen-bond acceptors (Lipinski definition) is 3. The zero-order valence-corrected chi connectivity index (χ0v) is 11.8. The van der Waals surface area contributed by atoms with Gasteiger partial charge in [0.1, 0.15) is 0 Å². The minimum atomic E-state index is -0.502. The smallest absolute Gasteiger partial charge is 0.237 e. The molecular weight excluding hydrogens is 246 g/mol. The van der Waals surface area contributed by atoms with Gasteiger partial charge in [-0.1, -0.05) is 19.9 Å². The van der Waals surface area contributed by atoms with Gasteiger partial charge in [-0.3, -0.25) is 4.79 Å². The van der Waals surface area contributed by atoms with Crippen LogP contribution in [0, 0.1) is 5.92 Å². The first-order chi connectivity index (χ1) is 8.49. The van der Waals surface area contributed by atoms with Crippen LogP contribution < -0.4 is 4.90 Å². The van der Waals surface area contributed by atoms with E-state index in [0.717, 1.165) is 22.7 Å². The number of anilines is 1. The van der Waals surface area contributed by atoms with Crippen molar-refractivity contribution >= 4 is 23.4 Å². The van der Waals surface area contributed by atoms with Gasteiger partial charge >= 0.3 is 0 Å². The molecule has 0 fully saturated rings. The summed E-state index contributed by atoms with van der Waals surface area (Å²) in [6.07, 6.45) is -0.502. The number of hydrogen-bond donors (Lipinski definition) is 1. The van der Waals surface area contributed by atoms with Crippen molar-refractivity contribution in [3.05, 3.63) is 23.8 Å². The van der Waals surface area contributed by atoms with E-state index in [2.05, 4.69) is 13.8 Å². The second-order valence-electron chi connectivity index (χ2n) is 5.09. The Balaban J connectivity index is 2.40. The van der Waals surface area contributed by atoms with Gasteiger partial charge in [0.2, 0.25) is 5.91 Å². The molecule has 1 heterocycles. The summed E-state index contributed by atoms with van der Waals surface area (Å²) in [6.45, 7) is 6.68. The lowest BCUT2D eigenvalue weighted by Crippen LogP contribution is -2.38. The maximum Gasteiger partial charge on any atom is 0.237 e. The summed E-state index contributed by atoms with van der Waals surface area (Å²) in [5.41, 5.74) is 1.81. The number of aliphatic hydroxyl groups is 1. The molecular formula is C14H19NO2S. The Labute approximate surface area is 112 Å². The predicted octanol–water partition coefficient (Wildman–Crippen LogP) is 2.83. The first-order valence-electron chi connectivity index (χ1n) is 6.24. The van der Waals surface area contributed by atoms with E-state index in [-0.39, 0.29) is 5.91 Å². The summed E-state index contributed by atoms with van der Waals surface area (Å²) in [7, 11) is 0. The van der Waals surface area contributed by atoms with Crippen LogP contribution in [0.2, 0.25) is 0 Å². The molecule has 1 aromatic rings. The van der Waals surface area contributed by atoms with Crippen LogP contribution >= 0.6 is 11.8 Å². The van der Waals surface area contributed by atoms with E-state index in [1.54, 1.807) is 18.7 Å². The molecule has 0 aliphatic carbocycles. The van der Waals surface area contributed by atoms with Crippen molar-refractivity contribution in [1.29, 1.82) is 0 Å². The molecule has 0 spiro atoms. The lowest BCUT2D eigenvalue weighted by atomic mass is 10.1. The van der Waals surface area contributed by atoms with Crippen LogP contribution in [0.5, 0.6) is 0 Å². The Kier molecular flexibility index (Phi) is 3.97. The van der Waals surface area contributed by atoms with Crippen molar-refractivity contribution in [3.8, 4) is 0 Å². The molecule has 0 aromatic heterocycles. The number of aliphatic hydroxyl groups excluding tert-OH is 1. The molecule has 1 aliphatic heterocycles. The van der Waals surface area contributed by atoms with Gasteiger partial charge in [-0.25, -0.2) is 0 Å². The number of amides is 1. The van der Waals surface area contributed by atoms with Gasteiger partial charge in [0.25, 0.3) is 0 Å². The molecule has 1 amide bonds. The van der Waals surface area contributed by atoms with Gasteiger partial charge in [0.15, 0.2) is 0 Å². The van der Waals surface area contributed by atoms with Crippen LogP contribution in [0.1, 0.15) is 32.4 Å². The maximum absolute atomic E-state index is 12.0. The number of nitrogens with zero attached hydrogens (tertiary/aromatic N) is 1. The summed E-state index contributed by atoms with van der Waals surface area (Å²) in [6, 6.07) is 5.87. The molecule has 0 bridgehead atoms. The van der Waals surface area contributed by atoms with E-state index in [0.29, 0.717) is 11.7 Å². The summed E-state index contributed by atoms with van der Waals surface area (Å²) in [5.74, 6) is 1.09. The predicted molar refractivity (Wildman–Crippen MR) is 75.0 cm³/mol. The highest BCUT2D eigenvalue weighted by molar-refractivity contribution is 8.00. The second kappa shape index (κ2) is 5.33. The van der Waals surface area contributed by atoms with Gasteiger partial charge in [-0.05, 0) is 30.5 Å². The molecule has 1 atom stereocenters. The molecule has 98 valence electrons. The fourth-order valence-corrected chi connectivity index (χ4v) is 2.96. The SMILES string of the molecule is CC(C)CN1C(=O)CSc2ccc(C(C)O)cc21. The van der Waals surface area contributed by atoms with Crippen LogP contribution in [0.3, 0.4) is 0 Å². The summed E-state index contributed by atoms with van der Waals surface area (Å²) in [4.78, 5) is 15.0. The van der Waals surface area contributed by atoms with Crippen molar-refractivity contribution in [2.75, 3.05) is 17.2 Å². The van der Waals surface area contributed by atoms with Crippen molar-refractivity contribution in [2.45, 2.75) is 31.8 Å². The number of carbonyl (C=O) groups is 1. The van der Waals surface area contributed by atoms with Gasteiger partial charge in [-0.2, -0.15) is 0 Å². The second-order valence-corrected chi connectivity index (χ2v) is 6.11. The lowest BCUT2D eigenvalue weighted by molar-refractivity contribution is -0.116. The Morgan fingerprint density at radius 3 is 2.72 bits per heavy atom. The molecule has 1 unspecified atom stereocenters. The van der Waals surface area contributed by atoms with Crippen LogP contribution in [-0.2, 0) is 4.79 Å². The Morgan fingerprint density at radius 1 is 1.39 bits per heavy atom. The van der Waals surface area contributed by atoms with E-state index in [9.17, 15) is 9.90 Å². The quantitative estimate of drug-likeness (QED) is 0.913. The van der Waals surface area contributed by atoms with Crippen LogP contribution in [-0.4, -0.2) is 23.3 Å². The van der Waals surface area contributed by atoms with Crippen LogP contribution in [0.4, 0.5) is 5.69 Å². The molecule has 3 nitrogen and oxygen atoms in total. The van der Waals surface area contributed by atoms with Crippen LogP contribution in [0.15, 0.2) is 23.1 Å². The van der Waals surface area contributed by atoms with E-state index >= 15 is 0 Å². The number of rotatable bonds is 3. The highest BCUT2D eigenvalue weighted by atomic mass is 32.2. The first kappa shape index (κ1) is 13.4. The summed E-state index contributed by atoms with van der Waals surface area (Å²) < 4.78 is 0. The van der Waals surface area contributed by atoms with E-state index < -0.39 is 6.10 Å². The largest absolute Gasteiger partial charge is 0.389 e. The highest BCUT2D eigenvalue weighted by Crippen LogP contribution is 2.37. The fraction of sp³-hybridized carbons (Fsp3) is 0.500.